The maximum atomic E-state index is 5.55. The quantitative estimate of drug-likeness (QED) is 0.623. The largest absolute Gasteiger partial charge is 0.377 e. The molecule has 0 saturated carbocycles. The fourth-order valence-electron chi connectivity index (χ4n) is 1.66. The molecule has 2 unspecified atom stereocenters. The van der Waals surface area contributed by atoms with E-state index < -0.39 is 0 Å². The van der Waals surface area contributed by atoms with E-state index in [1.807, 2.05) is 26.0 Å². The van der Waals surface area contributed by atoms with Crippen LogP contribution in [0.15, 0.2) is 28.7 Å². The summed E-state index contributed by atoms with van der Waals surface area (Å²) in [6.45, 7) is 4.73. The van der Waals surface area contributed by atoms with Crippen LogP contribution >= 0.6 is 15.9 Å². The molecule has 0 heterocycles. The smallest absolute Gasteiger partial charge is 0.0716 e. The minimum atomic E-state index is 0.106. The molecule has 0 radical (unpaired) electrons. The van der Waals surface area contributed by atoms with Gasteiger partial charge in [0.2, 0.25) is 0 Å². The molecule has 0 aromatic heterocycles. The summed E-state index contributed by atoms with van der Waals surface area (Å²) >= 11 is 3.46. The predicted molar refractivity (Wildman–Crippen MR) is 70.0 cm³/mol. The molecule has 0 aliphatic rings. The van der Waals surface area contributed by atoms with Crippen LogP contribution in [0.5, 0.6) is 0 Å². The van der Waals surface area contributed by atoms with Crippen molar-refractivity contribution < 1.29 is 4.74 Å². The third kappa shape index (κ3) is 4.22. The summed E-state index contributed by atoms with van der Waals surface area (Å²) in [5.74, 6) is 5.55. The Morgan fingerprint density at radius 3 is 2.81 bits per heavy atom. The summed E-state index contributed by atoms with van der Waals surface area (Å²) in [6, 6.07) is 8.37. The zero-order valence-electron chi connectivity index (χ0n) is 9.74. The van der Waals surface area contributed by atoms with E-state index in [9.17, 15) is 0 Å². The molecule has 1 rings (SSSR count). The Labute approximate surface area is 105 Å². The maximum absolute atomic E-state index is 5.55. The lowest BCUT2D eigenvalue weighted by Crippen LogP contribution is -2.45. The van der Waals surface area contributed by atoms with Crippen LogP contribution in [0.2, 0.25) is 0 Å². The summed E-state index contributed by atoms with van der Waals surface area (Å²) in [7, 11) is 0. The molecule has 1 aromatic rings. The molecular formula is C12H19BrN2O. The highest BCUT2D eigenvalue weighted by atomic mass is 79.9. The van der Waals surface area contributed by atoms with Crippen molar-refractivity contribution >= 4 is 15.9 Å². The van der Waals surface area contributed by atoms with Crippen LogP contribution in [-0.4, -0.2) is 18.8 Å². The molecule has 0 saturated heterocycles. The fraction of sp³-hybridized carbons (Fsp3) is 0.500. The Morgan fingerprint density at radius 2 is 2.25 bits per heavy atom. The summed E-state index contributed by atoms with van der Waals surface area (Å²) in [4.78, 5) is 0. The molecule has 3 nitrogen and oxygen atoms in total. The average Bonchev–Trinajstić information content (AvgIpc) is 2.26. The van der Waals surface area contributed by atoms with Crippen LogP contribution in [0.4, 0.5) is 0 Å². The van der Waals surface area contributed by atoms with Crippen LogP contribution in [0.1, 0.15) is 19.4 Å². The number of halogens is 1. The number of nitrogens with two attached hydrogens (primary N) is 1. The van der Waals surface area contributed by atoms with Gasteiger partial charge in [-0.2, -0.15) is 0 Å². The van der Waals surface area contributed by atoms with Crippen molar-refractivity contribution in [2.45, 2.75) is 32.4 Å². The van der Waals surface area contributed by atoms with E-state index in [1.165, 1.54) is 5.56 Å². The Morgan fingerprint density at radius 1 is 1.50 bits per heavy atom. The number of ether oxygens (including phenoxy) is 1. The molecule has 3 N–H and O–H groups in total. The van der Waals surface area contributed by atoms with E-state index >= 15 is 0 Å². The number of hydrogen-bond acceptors (Lipinski definition) is 3. The first kappa shape index (κ1) is 13.6. The Balaban J connectivity index is 2.62. The first-order valence-corrected chi connectivity index (χ1v) is 6.28. The molecule has 1 aromatic carbocycles. The Bertz CT molecular complexity index is 320. The van der Waals surface area contributed by atoms with Gasteiger partial charge < -0.3 is 4.74 Å². The van der Waals surface area contributed by atoms with E-state index in [2.05, 4.69) is 33.5 Å². The predicted octanol–water partition coefficient (Wildman–Crippen LogP) is 2.25. The highest BCUT2D eigenvalue weighted by molar-refractivity contribution is 9.10. The maximum Gasteiger partial charge on any atom is 0.0716 e. The van der Waals surface area contributed by atoms with Crippen molar-refractivity contribution in [3.05, 3.63) is 34.3 Å². The van der Waals surface area contributed by atoms with Gasteiger partial charge in [-0.05, 0) is 38.0 Å². The third-order valence-electron chi connectivity index (χ3n) is 2.55. The van der Waals surface area contributed by atoms with E-state index in [0.717, 1.165) is 10.9 Å². The molecule has 4 heteroatoms. The van der Waals surface area contributed by atoms with Crippen molar-refractivity contribution in [3.63, 3.8) is 0 Å². The topological polar surface area (TPSA) is 47.3 Å². The van der Waals surface area contributed by atoms with E-state index in [1.54, 1.807) is 0 Å². The highest BCUT2D eigenvalue weighted by Gasteiger charge is 2.16. The average molecular weight is 287 g/mol. The highest BCUT2D eigenvalue weighted by Crippen LogP contribution is 2.14. The van der Waals surface area contributed by atoms with Gasteiger partial charge in [0, 0.05) is 11.1 Å². The molecular weight excluding hydrogens is 268 g/mol. The molecule has 0 fully saturated rings. The molecule has 0 spiro atoms. The summed E-state index contributed by atoms with van der Waals surface area (Å²) in [5.41, 5.74) is 4.05. The van der Waals surface area contributed by atoms with Crippen molar-refractivity contribution in [1.29, 1.82) is 0 Å². The van der Waals surface area contributed by atoms with Gasteiger partial charge in [0.1, 0.15) is 0 Å². The number of nitrogens with one attached hydrogen (secondary N) is 1. The molecule has 0 amide bonds. The first-order chi connectivity index (χ1) is 7.67. The van der Waals surface area contributed by atoms with Gasteiger partial charge in [-0.25, -0.2) is 0 Å². The zero-order valence-corrected chi connectivity index (χ0v) is 11.3. The van der Waals surface area contributed by atoms with Crippen LogP contribution in [0.3, 0.4) is 0 Å². The van der Waals surface area contributed by atoms with Gasteiger partial charge in [-0.1, -0.05) is 28.1 Å². The van der Waals surface area contributed by atoms with Crippen molar-refractivity contribution in [1.82, 2.24) is 5.43 Å². The van der Waals surface area contributed by atoms with Gasteiger partial charge in [0.25, 0.3) is 0 Å². The Hall–Kier alpha value is -0.420. The molecule has 2 atom stereocenters. The van der Waals surface area contributed by atoms with Crippen LogP contribution < -0.4 is 11.3 Å². The van der Waals surface area contributed by atoms with Crippen LogP contribution in [0.25, 0.3) is 0 Å². The standard InChI is InChI=1S/C12H19BrN2O/c1-3-16-9(2)12(15-14)8-10-5-4-6-11(13)7-10/h4-7,9,12,15H,3,8,14H2,1-2H3. The lowest BCUT2D eigenvalue weighted by atomic mass is 10.0. The molecule has 90 valence electrons. The number of hydrogen-bond donors (Lipinski definition) is 2. The van der Waals surface area contributed by atoms with Crippen molar-refractivity contribution in [2.24, 2.45) is 5.84 Å². The molecule has 0 bridgehead atoms. The zero-order chi connectivity index (χ0) is 12.0. The Kier molecular flexibility index (Phi) is 5.98. The summed E-state index contributed by atoms with van der Waals surface area (Å²) in [6.07, 6.45) is 0.964. The monoisotopic (exact) mass is 286 g/mol. The second kappa shape index (κ2) is 7.01. The van der Waals surface area contributed by atoms with Gasteiger partial charge in [-0.15, -0.1) is 0 Å². The lowest BCUT2D eigenvalue weighted by molar-refractivity contribution is 0.0476. The molecule has 0 aliphatic heterocycles. The van der Waals surface area contributed by atoms with Crippen LogP contribution in [-0.2, 0) is 11.2 Å². The van der Waals surface area contributed by atoms with Crippen LogP contribution in [0, 0.1) is 0 Å². The SMILES string of the molecule is CCOC(C)C(Cc1cccc(Br)c1)NN. The van der Waals surface area contributed by atoms with Gasteiger partial charge in [0.15, 0.2) is 0 Å². The second-order valence-corrected chi connectivity index (χ2v) is 4.68. The third-order valence-corrected chi connectivity index (χ3v) is 3.05. The number of benzene rings is 1. The van der Waals surface area contributed by atoms with E-state index in [4.69, 9.17) is 10.6 Å². The molecule has 0 aliphatic carbocycles. The second-order valence-electron chi connectivity index (χ2n) is 3.77. The lowest BCUT2D eigenvalue weighted by Gasteiger charge is -2.23. The first-order valence-electron chi connectivity index (χ1n) is 5.49. The van der Waals surface area contributed by atoms with Crippen molar-refractivity contribution in [3.8, 4) is 0 Å². The molecule has 16 heavy (non-hydrogen) atoms. The van der Waals surface area contributed by atoms with E-state index in [0.29, 0.717) is 6.61 Å². The minimum Gasteiger partial charge on any atom is -0.377 e. The number of hydrazine groups is 1. The fourth-order valence-corrected chi connectivity index (χ4v) is 2.10. The minimum absolute atomic E-state index is 0.106. The van der Waals surface area contributed by atoms with Gasteiger partial charge >= 0.3 is 0 Å². The van der Waals surface area contributed by atoms with Gasteiger partial charge in [-0.3, -0.25) is 11.3 Å². The summed E-state index contributed by atoms with van der Waals surface area (Å²) < 4.78 is 6.63. The number of rotatable bonds is 6. The van der Waals surface area contributed by atoms with Gasteiger partial charge in [0.05, 0.1) is 12.1 Å². The van der Waals surface area contributed by atoms with Crippen molar-refractivity contribution in [2.75, 3.05) is 6.61 Å². The normalized spacial score (nSPS) is 14.8. The summed E-state index contributed by atoms with van der Waals surface area (Å²) in [5, 5.41) is 0. The van der Waals surface area contributed by atoms with E-state index in [-0.39, 0.29) is 12.1 Å².